The van der Waals surface area contributed by atoms with Gasteiger partial charge in [0.05, 0.1) is 0 Å². The van der Waals surface area contributed by atoms with Gasteiger partial charge in [0.2, 0.25) is 0 Å². The second kappa shape index (κ2) is 10.7. The van der Waals surface area contributed by atoms with Crippen molar-refractivity contribution in [2.75, 3.05) is 0 Å². The summed E-state index contributed by atoms with van der Waals surface area (Å²) in [5.41, 5.74) is 0. The maximum atomic E-state index is 6.36. The molecule has 0 aliphatic heterocycles. The Hall–Kier alpha value is -1.18. The summed E-state index contributed by atoms with van der Waals surface area (Å²) < 4.78 is 0. The Labute approximate surface area is 73.7 Å². The van der Waals surface area contributed by atoms with Crippen molar-refractivity contribution in [3.05, 3.63) is 6.42 Å². The van der Waals surface area contributed by atoms with Gasteiger partial charge in [-0.3, -0.25) is 5.92 Å². The van der Waals surface area contributed by atoms with E-state index in [0.717, 1.165) is 0 Å². The van der Waals surface area contributed by atoms with E-state index < -0.39 is 0 Å². The summed E-state index contributed by atoms with van der Waals surface area (Å²) >= 11 is 0. The van der Waals surface area contributed by atoms with Gasteiger partial charge in [-0.05, 0) is 24.7 Å². The first-order valence-electron chi connectivity index (χ1n) is 2.25. The molecule has 0 aliphatic rings. The molecule has 1 radical (unpaired) electrons. The third-order valence-corrected chi connectivity index (χ3v) is 0.438. The van der Waals surface area contributed by atoms with E-state index in [2.05, 4.69) is 35.5 Å². The van der Waals surface area contributed by atoms with Gasteiger partial charge in [0.1, 0.15) is 0 Å². The molecule has 0 unspecified atom stereocenters. The minimum absolute atomic E-state index is 0. The van der Waals surface area contributed by atoms with E-state index >= 15 is 0 Å². The third-order valence-electron chi connectivity index (χ3n) is 0.438. The Morgan fingerprint density at radius 2 is 1.40 bits per heavy atom. The summed E-state index contributed by atoms with van der Waals surface area (Å²) in [6, 6.07) is 0. The maximum Gasteiger partial charge on any atom is 0 e. The molecule has 0 N–H and O–H groups in total. The van der Waals surface area contributed by atoms with Gasteiger partial charge in [-0.2, -0.15) is 0 Å². The molecule has 1 heteroatoms. The van der Waals surface area contributed by atoms with Crippen LogP contribution in [0.4, 0.5) is 0 Å². The van der Waals surface area contributed by atoms with Gasteiger partial charge >= 0.3 is 0 Å². The van der Waals surface area contributed by atoms with Gasteiger partial charge in [0, 0.05) is 18.6 Å². The van der Waals surface area contributed by atoms with Crippen molar-refractivity contribution in [1.82, 2.24) is 0 Å². The largest absolute Gasteiger partial charge is 0.358 e. The van der Waals surface area contributed by atoms with Crippen LogP contribution in [0.15, 0.2) is 0 Å². The Morgan fingerprint density at radius 3 is 1.90 bits per heavy atom. The van der Waals surface area contributed by atoms with Gasteiger partial charge in [-0.25, -0.2) is 5.92 Å². The molecule has 0 aromatic rings. The average Bonchev–Trinajstić information content (AvgIpc) is 1.89. The zero-order valence-electron chi connectivity index (χ0n) is 5.45. The molecule has 45 valence electrons. The molecule has 0 amide bonds. The van der Waals surface area contributed by atoms with Gasteiger partial charge in [0.15, 0.2) is 0 Å². The molecule has 0 bridgehead atoms. The van der Waals surface area contributed by atoms with E-state index in [1.54, 1.807) is 6.92 Å². The summed E-state index contributed by atoms with van der Waals surface area (Å²) in [5.74, 6) is 16.4. The van der Waals surface area contributed by atoms with Crippen LogP contribution in [-0.2, 0) is 18.6 Å². The van der Waals surface area contributed by atoms with E-state index in [1.165, 1.54) is 0 Å². The number of hydrogen-bond donors (Lipinski definition) is 0. The average molecular weight is 162 g/mol. The second-order valence-corrected chi connectivity index (χ2v) is 1.00. The molecule has 0 saturated carbocycles. The van der Waals surface area contributed by atoms with Crippen molar-refractivity contribution in [3.63, 3.8) is 0 Å². The Bertz CT molecular complexity index is 285. The fourth-order valence-electron chi connectivity index (χ4n) is 0.188. The van der Waals surface area contributed by atoms with Crippen LogP contribution in [0.25, 0.3) is 0 Å². The van der Waals surface area contributed by atoms with E-state index in [4.69, 9.17) is 6.42 Å². The van der Waals surface area contributed by atoms with E-state index in [-0.39, 0.29) is 18.6 Å². The molecule has 0 aliphatic carbocycles. The van der Waals surface area contributed by atoms with Crippen LogP contribution in [0, 0.1) is 47.9 Å². The van der Waals surface area contributed by atoms with Crippen molar-refractivity contribution in [2.45, 2.75) is 6.92 Å². The molecule has 0 aromatic heterocycles. The van der Waals surface area contributed by atoms with Gasteiger partial charge in [-0.1, -0.05) is 5.92 Å². The predicted molar refractivity (Wildman–Crippen MR) is 36.1 cm³/mol. The van der Waals surface area contributed by atoms with Gasteiger partial charge in [-0.15, -0.1) is 5.92 Å². The molecule has 10 heavy (non-hydrogen) atoms. The Morgan fingerprint density at radius 1 is 0.900 bits per heavy atom. The maximum absolute atomic E-state index is 6.36. The first-order valence-corrected chi connectivity index (χ1v) is 2.25. The fraction of sp³-hybridized carbons (Fsp3) is 0.111. The normalized spacial score (nSPS) is 3.20. The summed E-state index contributed by atoms with van der Waals surface area (Å²) in [4.78, 5) is 0. The Kier molecular flexibility index (Phi) is 12.5. The summed E-state index contributed by atoms with van der Waals surface area (Å²) in [5, 5.41) is 0. The summed E-state index contributed by atoms with van der Waals surface area (Å²) in [7, 11) is 0. The van der Waals surface area contributed by atoms with Crippen molar-refractivity contribution in [2.24, 2.45) is 0 Å². The van der Waals surface area contributed by atoms with Crippen LogP contribution in [0.1, 0.15) is 6.92 Å². The van der Waals surface area contributed by atoms with Gasteiger partial charge in [0.25, 0.3) is 0 Å². The first-order chi connectivity index (χ1) is 4.41. The molecule has 0 nitrogen and oxygen atoms in total. The molecule has 0 rings (SSSR count). The minimum Gasteiger partial charge on any atom is -0.358 e. The molecule has 0 aromatic carbocycles. The van der Waals surface area contributed by atoms with Crippen LogP contribution < -0.4 is 0 Å². The van der Waals surface area contributed by atoms with Crippen LogP contribution in [0.3, 0.4) is 0 Å². The summed E-state index contributed by atoms with van der Waals surface area (Å²) in [6.07, 6.45) is 6.36. The van der Waals surface area contributed by atoms with Crippen molar-refractivity contribution in [3.8, 4) is 41.4 Å². The third kappa shape index (κ3) is 9.95. The molecule has 0 atom stereocenters. The van der Waals surface area contributed by atoms with E-state index in [1.807, 2.05) is 5.92 Å². The Balaban J connectivity index is 0. The summed E-state index contributed by atoms with van der Waals surface area (Å²) in [6.45, 7) is 1.70. The van der Waals surface area contributed by atoms with Crippen molar-refractivity contribution in [1.29, 1.82) is 0 Å². The monoisotopic (exact) mass is 162 g/mol. The topological polar surface area (TPSA) is 0 Å². The van der Waals surface area contributed by atoms with E-state index in [9.17, 15) is 0 Å². The molecular formula is C9H3V-. The predicted octanol–water partition coefficient (Wildman–Crippen LogP) is 0.604. The quantitative estimate of drug-likeness (QED) is 0.361. The van der Waals surface area contributed by atoms with Crippen molar-refractivity contribution >= 4 is 0 Å². The zero-order valence-corrected chi connectivity index (χ0v) is 6.84. The molecule has 0 spiro atoms. The SMILES string of the molecule is [C-]#CC#CC#CC#CC.[V]. The van der Waals surface area contributed by atoms with Crippen LogP contribution >= 0.6 is 0 Å². The zero-order chi connectivity index (χ0) is 6.95. The standard InChI is InChI=1S/C9H3.V/c1-3-5-7-9-8-6-4-2;/h1H3;/q-1;. The van der Waals surface area contributed by atoms with Crippen molar-refractivity contribution < 1.29 is 18.6 Å². The molecular weight excluding hydrogens is 159 g/mol. The smallest absolute Gasteiger partial charge is 0 e. The number of hydrogen-bond acceptors (Lipinski definition) is 0. The second-order valence-electron chi connectivity index (χ2n) is 1.00. The van der Waals surface area contributed by atoms with Crippen LogP contribution in [0.5, 0.6) is 0 Å². The van der Waals surface area contributed by atoms with Crippen LogP contribution in [-0.4, -0.2) is 0 Å². The molecule has 0 heterocycles. The number of rotatable bonds is 0. The van der Waals surface area contributed by atoms with Gasteiger partial charge < -0.3 is 6.42 Å². The minimum atomic E-state index is 0. The first kappa shape index (κ1) is 11.6. The molecule has 0 saturated heterocycles. The van der Waals surface area contributed by atoms with E-state index in [0.29, 0.717) is 0 Å². The molecule has 0 fully saturated rings. The fourth-order valence-corrected chi connectivity index (χ4v) is 0.188. The van der Waals surface area contributed by atoms with Crippen LogP contribution in [0.2, 0.25) is 0 Å².